The Bertz CT molecular complexity index is 450. The first kappa shape index (κ1) is 13.2. The van der Waals surface area contributed by atoms with Crippen LogP contribution in [0.3, 0.4) is 0 Å². The van der Waals surface area contributed by atoms with E-state index in [4.69, 9.17) is 10.5 Å². The van der Waals surface area contributed by atoms with E-state index in [1.54, 1.807) is 6.07 Å². The molecule has 1 fully saturated rings. The maximum atomic E-state index is 12.8. The number of rotatable bonds is 3. The van der Waals surface area contributed by atoms with E-state index in [1.807, 2.05) is 6.92 Å². The molecule has 1 aromatic rings. The average molecular weight is 259 g/mol. The van der Waals surface area contributed by atoms with E-state index >= 15 is 0 Å². The van der Waals surface area contributed by atoms with Crippen molar-refractivity contribution in [1.82, 2.24) is 0 Å². The van der Waals surface area contributed by atoms with Gasteiger partial charge < -0.3 is 10.5 Å². The average Bonchev–Trinajstić information content (AvgIpc) is 3.08. The van der Waals surface area contributed by atoms with Crippen LogP contribution in [-0.2, 0) is 11.6 Å². The molecule has 1 aliphatic carbocycles. The van der Waals surface area contributed by atoms with Crippen LogP contribution in [0.1, 0.15) is 30.9 Å². The van der Waals surface area contributed by atoms with Gasteiger partial charge in [-0.2, -0.15) is 13.2 Å². The SMILES string of the molecule is COc1cc(C(F)(F)F)cc(C2(C(C)N)CC2)c1. The summed E-state index contributed by atoms with van der Waals surface area (Å²) in [5.74, 6) is 0.228. The van der Waals surface area contributed by atoms with Gasteiger partial charge in [0.05, 0.1) is 12.7 Å². The van der Waals surface area contributed by atoms with E-state index in [1.165, 1.54) is 13.2 Å². The zero-order valence-electron chi connectivity index (χ0n) is 10.3. The van der Waals surface area contributed by atoms with E-state index in [9.17, 15) is 13.2 Å². The highest BCUT2D eigenvalue weighted by Gasteiger charge is 2.48. The van der Waals surface area contributed by atoms with Gasteiger partial charge in [-0.3, -0.25) is 0 Å². The van der Waals surface area contributed by atoms with Gasteiger partial charge >= 0.3 is 6.18 Å². The molecule has 0 aliphatic heterocycles. The fourth-order valence-electron chi connectivity index (χ4n) is 2.31. The molecule has 2 nitrogen and oxygen atoms in total. The molecule has 0 aromatic heterocycles. The summed E-state index contributed by atoms with van der Waals surface area (Å²) in [4.78, 5) is 0. The Labute approximate surface area is 104 Å². The Morgan fingerprint density at radius 1 is 1.28 bits per heavy atom. The van der Waals surface area contributed by atoms with Gasteiger partial charge in [0.1, 0.15) is 5.75 Å². The number of alkyl halides is 3. The monoisotopic (exact) mass is 259 g/mol. The summed E-state index contributed by atoms with van der Waals surface area (Å²) in [5, 5.41) is 0. The number of hydrogen-bond acceptors (Lipinski definition) is 2. The zero-order valence-corrected chi connectivity index (χ0v) is 10.3. The molecular weight excluding hydrogens is 243 g/mol. The van der Waals surface area contributed by atoms with Crippen molar-refractivity contribution in [2.24, 2.45) is 5.73 Å². The number of hydrogen-bond donors (Lipinski definition) is 1. The van der Waals surface area contributed by atoms with Gasteiger partial charge in [0.2, 0.25) is 0 Å². The molecule has 5 heteroatoms. The summed E-state index contributed by atoms with van der Waals surface area (Å²) in [6.45, 7) is 1.83. The van der Waals surface area contributed by atoms with Gasteiger partial charge in [0.15, 0.2) is 0 Å². The summed E-state index contributed by atoms with van der Waals surface area (Å²) in [6.07, 6.45) is -2.71. The van der Waals surface area contributed by atoms with Crippen LogP contribution >= 0.6 is 0 Å². The first-order chi connectivity index (χ1) is 8.29. The molecule has 2 N–H and O–H groups in total. The predicted octanol–water partition coefficient (Wildman–Crippen LogP) is 3.09. The van der Waals surface area contributed by atoms with Crippen molar-refractivity contribution in [3.8, 4) is 5.75 Å². The van der Waals surface area contributed by atoms with E-state index in [0.717, 1.165) is 18.9 Å². The minimum absolute atomic E-state index is 0.161. The van der Waals surface area contributed by atoms with Gasteiger partial charge in [0, 0.05) is 11.5 Å². The number of nitrogens with two attached hydrogens (primary N) is 1. The number of ether oxygens (including phenoxy) is 1. The van der Waals surface area contributed by atoms with Gasteiger partial charge in [-0.15, -0.1) is 0 Å². The van der Waals surface area contributed by atoms with E-state index in [2.05, 4.69) is 0 Å². The minimum Gasteiger partial charge on any atom is -0.497 e. The molecule has 100 valence electrons. The van der Waals surface area contributed by atoms with Crippen molar-refractivity contribution in [1.29, 1.82) is 0 Å². The lowest BCUT2D eigenvalue weighted by Gasteiger charge is -2.22. The van der Waals surface area contributed by atoms with Gasteiger partial charge in [-0.1, -0.05) is 0 Å². The van der Waals surface area contributed by atoms with Crippen molar-refractivity contribution >= 4 is 0 Å². The quantitative estimate of drug-likeness (QED) is 0.905. The van der Waals surface area contributed by atoms with Crippen molar-refractivity contribution in [2.45, 2.75) is 37.4 Å². The molecule has 1 atom stereocenters. The number of benzene rings is 1. The molecular formula is C13H16F3NO. The smallest absolute Gasteiger partial charge is 0.416 e. The molecule has 0 radical (unpaired) electrons. The van der Waals surface area contributed by atoms with Crippen LogP contribution in [0.5, 0.6) is 5.75 Å². The predicted molar refractivity (Wildman–Crippen MR) is 62.6 cm³/mol. The van der Waals surface area contributed by atoms with Crippen LogP contribution < -0.4 is 10.5 Å². The van der Waals surface area contributed by atoms with Gasteiger partial charge in [-0.05, 0) is 43.5 Å². The Morgan fingerprint density at radius 2 is 1.89 bits per heavy atom. The maximum absolute atomic E-state index is 12.8. The fourth-order valence-corrected chi connectivity index (χ4v) is 2.31. The maximum Gasteiger partial charge on any atom is 0.416 e. The molecule has 0 spiro atoms. The van der Waals surface area contributed by atoms with Crippen LogP contribution in [0, 0.1) is 0 Å². The van der Waals surface area contributed by atoms with Crippen LogP contribution in [0.15, 0.2) is 18.2 Å². The summed E-state index contributed by atoms with van der Waals surface area (Å²) in [7, 11) is 1.37. The van der Waals surface area contributed by atoms with Gasteiger partial charge in [0.25, 0.3) is 0 Å². The zero-order chi connectivity index (χ0) is 13.6. The highest BCUT2D eigenvalue weighted by Crippen LogP contribution is 2.51. The first-order valence-corrected chi connectivity index (χ1v) is 5.82. The summed E-state index contributed by atoms with van der Waals surface area (Å²) in [5.41, 5.74) is 5.53. The second kappa shape index (κ2) is 4.16. The standard InChI is InChI=1S/C13H16F3NO/c1-8(17)12(3-4-12)9-5-10(13(14,15)16)7-11(6-9)18-2/h5-8H,3-4,17H2,1-2H3. The van der Waals surface area contributed by atoms with Crippen molar-refractivity contribution in [3.05, 3.63) is 29.3 Å². The molecule has 18 heavy (non-hydrogen) atoms. The minimum atomic E-state index is -4.36. The third-order valence-electron chi connectivity index (χ3n) is 3.70. The third kappa shape index (κ3) is 2.19. The Hall–Kier alpha value is -1.23. The number of halogens is 3. The van der Waals surface area contributed by atoms with Crippen LogP contribution in [0.4, 0.5) is 13.2 Å². The molecule has 1 aliphatic rings. The van der Waals surface area contributed by atoms with Crippen LogP contribution in [0.2, 0.25) is 0 Å². The summed E-state index contributed by atoms with van der Waals surface area (Å²) in [6, 6.07) is 3.70. The normalized spacial score (nSPS) is 19.4. The molecule has 0 heterocycles. The van der Waals surface area contributed by atoms with Crippen molar-refractivity contribution < 1.29 is 17.9 Å². The molecule has 1 aromatic carbocycles. The van der Waals surface area contributed by atoms with Gasteiger partial charge in [-0.25, -0.2) is 0 Å². The second-order valence-corrected chi connectivity index (χ2v) is 4.89. The van der Waals surface area contributed by atoms with Crippen LogP contribution in [0.25, 0.3) is 0 Å². The second-order valence-electron chi connectivity index (χ2n) is 4.89. The Balaban J connectivity index is 2.49. The molecule has 0 saturated heterocycles. The highest BCUT2D eigenvalue weighted by molar-refractivity contribution is 5.43. The fraction of sp³-hybridized carbons (Fsp3) is 0.538. The lowest BCUT2D eigenvalue weighted by Crippen LogP contribution is -2.31. The molecule has 1 unspecified atom stereocenters. The highest BCUT2D eigenvalue weighted by atomic mass is 19.4. The number of methoxy groups -OCH3 is 1. The van der Waals surface area contributed by atoms with Crippen LogP contribution in [-0.4, -0.2) is 13.2 Å². The van der Waals surface area contributed by atoms with E-state index < -0.39 is 11.7 Å². The van der Waals surface area contributed by atoms with E-state index in [0.29, 0.717) is 5.56 Å². The first-order valence-electron chi connectivity index (χ1n) is 5.82. The van der Waals surface area contributed by atoms with Crippen molar-refractivity contribution in [2.75, 3.05) is 7.11 Å². The molecule has 2 rings (SSSR count). The topological polar surface area (TPSA) is 35.2 Å². The van der Waals surface area contributed by atoms with Crippen molar-refractivity contribution in [3.63, 3.8) is 0 Å². The lowest BCUT2D eigenvalue weighted by molar-refractivity contribution is -0.137. The Kier molecular flexibility index (Phi) is 3.05. The molecule has 1 saturated carbocycles. The summed E-state index contributed by atoms with van der Waals surface area (Å²) < 4.78 is 43.4. The Morgan fingerprint density at radius 3 is 2.28 bits per heavy atom. The third-order valence-corrected chi connectivity index (χ3v) is 3.70. The lowest BCUT2D eigenvalue weighted by atomic mass is 9.88. The van der Waals surface area contributed by atoms with E-state index in [-0.39, 0.29) is 17.2 Å². The largest absolute Gasteiger partial charge is 0.497 e. The molecule has 0 amide bonds. The summed E-state index contributed by atoms with van der Waals surface area (Å²) >= 11 is 0. The molecule has 0 bridgehead atoms.